The minimum Gasteiger partial charge on any atom is -0.343 e. The van der Waals surface area contributed by atoms with E-state index in [0.29, 0.717) is 25.2 Å². The third-order valence-corrected chi connectivity index (χ3v) is 3.48. The standard InChI is InChI=1S/C16H23FN2O2/c1-4-18(5-2)16(21)10-11-19(13(3)20)12-14-8-6-7-9-15(14)17/h6-9H,4-5,10-12H2,1-3H3. The second-order valence-electron chi connectivity index (χ2n) is 4.85. The molecule has 21 heavy (non-hydrogen) atoms. The summed E-state index contributed by atoms with van der Waals surface area (Å²) in [5.74, 6) is -0.482. The van der Waals surface area contributed by atoms with Gasteiger partial charge in [0.15, 0.2) is 0 Å². The molecule has 0 atom stereocenters. The molecule has 116 valence electrons. The van der Waals surface area contributed by atoms with Crippen LogP contribution in [0.3, 0.4) is 0 Å². The van der Waals surface area contributed by atoms with Crippen molar-refractivity contribution in [3.05, 3.63) is 35.6 Å². The molecule has 0 saturated carbocycles. The Hall–Kier alpha value is -1.91. The molecule has 4 nitrogen and oxygen atoms in total. The maximum absolute atomic E-state index is 13.6. The van der Waals surface area contributed by atoms with Gasteiger partial charge in [0.05, 0.1) is 0 Å². The topological polar surface area (TPSA) is 40.6 Å². The Balaban J connectivity index is 2.65. The van der Waals surface area contributed by atoms with Crippen molar-refractivity contribution in [1.29, 1.82) is 0 Å². The Labute approximate surface area is 125 Å². The minimum atomic E-state index is -0.334. The van der Waals surface area contributed by atoms with Crippen LogP contribution in [0.4, 0.5) is 4.39 Å². The summed E-state index contributed by atoms with van der Waals surface area (Å²) in [4.78, 5) is 26.8. The van der Waals surface area contributed by atoms with E-state index in [2.05, 4.69) is 0 Å². The van der Waals surface area contributed by atoms with Crippen molar-refractivity contribution >= 4 is 11.8 Å². The smallest absolute Gasteiger partial charge is 0.224 e. The van der Waals surface area contributed by atoms with Gasteiger partial charge in [-0.3, -0.25) is 9.59 Å². The summed E-state index contributed by atoms with van der Waals surface area (Å²) in [6.45, 7) is 7.08. The molecule has 5 heteroatoms. The lowest BCUT2D eigenvalue weighted by Crippen LogP contribution is -2.36. The van der Waals surface area contributed by atoms with Gasteiger partial charge in [0, 0.05) is 45.1 Å². The largest absolute Gasteiger partial charge is 0.343 e. The van der Waals surface area contributed by atoms with Crippen LogP contribution >= 0.6 is 0 Å². The number of halogens is 1. The van der Waals surface area contributed by atoms with Gasteiger partial charge < -0.3 is 9.80 Å². The molecule has 0 spiro atoms. The predicted molar refractivity (Wildman–Crippen MR) is 80.0 cm³/mol. The van der Waals surface area contributed by atoms with Crippen LogP contribution in [0.5, 0.6) is 0 Å². The normalized spacial score (nSPS) is 10.3. The summed E-state index contributed by atoms with van der Waals surface area (Å²) in [6, 6.07) is 6.37. The quantitative estimate of drug-likeness (QED) is 0.775. The predicted octanol–water partition coefficient (Wildman–Crippen LogP) is 2.43. The van der Waals surface area contributed by atoms with Crippen LogP contribution in [0.1, 0.15) is 32.8 Å². The number of hydrogen-bond donors (Lipinski definition) is 0. The molecule has 0 bridgehead atoms. The third-order valence-electron chi connectivity index (χ3n) is 3.48. The van der Waals surface area contributed by atoms with Crippen LogP contribution < -0.4 is 0 Å². The number of carbonyl (C=O) groups excluding carboxylic acids is 2. The van der Waals surface area contributed by atoms with Gasteiger partial charge in [-0.1, -0.05) is 18.2 Å². The maximum Gasteiger partial charge on any atom is 0.224 e. The van der Waals surface area contributed by atoms with Crippen LogP contribution in [0.15, 0.2) is 24.3 Å². The molecule has 0 heterocycles. The van der Waals surface area contributed by atoms with Crippen molar-refractivity contribution in [1.82, 2.24) is 9.80 Å². The molecule has 0 N–H and O–H groups in total. The third kappa shape index (κ3) is 5.17. The highest BCUT2D eigenvalue weighted by molar-refractivity contribution is 5.78. The van der Waals surface area contributed by atoms with E-state index in [9.17, 15) is 14.0 Å². The molecule has 1 rings (SSSR count). The van der Waals surface area contributed by atoms with Crippen molar-refractivity contribution in [3.8, 4) is 0 Å². The van der Waals surface area contributed by atoms with Crippen LogP contribution in [0.2, 0.25) is 0 Å². The minimum absolute atomic E-state index is 0.0137. The molecule has 0 aliphatic rings. The van der Waals surface area contributed by atoms with Crippen molar-refractivity contribution in [3.63, 3.8) is 0 Å². The number of hydrogen-bond acceptors (Lipinski definition) is 2. The fourth-order valence-corrected chi connectivity index (χ4v) is 2.15. The molecule has 1 aromatic rings. The van der Waals surface area contributed by atoms with E-state index < -0.39 is 0 Å². The van der Waals surface area contributed by atoms with Gasteiger partial charge in [0.25, 0.3) is 0 Å². The van der Waals surface area contributed by atoms with Gasteiger partial charge in [0.1, 0.15) is 5.82 Å². The maximum atomic E-state index is 13.6. The number of carbonyl (C=O) groups is 2. The van der Waals surface area contributed by atoms with Crippen LogP contribution in [-0.2, 0) is 16.1 Å². The van der Waals surface area contributed by atoms with E-state index in [1.165, 1.54) is 17.9 Å². The molecule has 0 radical (unpaired) electrons. The molecule has 0 aliphatic carbocycles. The summed E-state index contributed by atoms with van der Waals surface area (Å²) in [5, 5.41) is 0. The summed E-state index contributed by atoms with van der Waals surface area (Å²) in [5.41, 5.74) is 0.461. The molecular formula is C16H23FN2O2. The Kier molecular flexibility index (Phi) is 6.85. The highest BCUT2D eigenvalue weighted by Gasteiger charge is 2.15. The van der Waals surface area contributed by atoms with Crippen LogP contribution in [0, 0.1) is 5.82 Å². The lowest BCUT2D eigenvalue weighted by atomic mass is 10.2. The monoisotopic (exact) mass is 294 g/mol. The van der Waals surface area contributed by atoms with Gasteiger partial charge >= 0.3 is 0 Å². The zero-order chi connectivity index (χ0) is 15.8. The van der Waals surface area contributed by atoms with Crippen LogP contribution in [0.25, 0.3) is 0 Å². The Morgan fingerprint density at radius 1 is 1.10 bits per heavy atom. The first-order chi connectivity index (χ1) is 9.99. The Morgan fingerprint density at radius 3 is 2.24 bits per heavy atom. The summed E-state index contributed by atoms with van der Waals surface area (Å²) < 4.78 is 13.6. The van der Waals surface area contributed by atoms with Crippen molar-refractivity contribution in [2.24, 2.45) is 0 Å². The highest BCUT2D eigenvalue weighted by atomic mass is 19.1. The van der Waals surface area contributed by atoms with Gasteiger partial charge in [0.2, 0.25) is 11.8 Å². The molecule has 0 unspecified atom stereocenters. The number of amides is 2. The zero-order valence-electron chi connectivity index (χ0n) is 12.9. The van der Waals surface area contributed by atoms with Gasteiger partial charge in [-0.25, -0.2) is 4.39 Å². The van der Waals surface area contributed by atoms with Crippen LogP contribution in [-0.4, -0.2) is 41.2 Å². The van der Waals surface area contributed by atoms with Crippen molar-refractivity contribution < 1.29 is 14.0 Å². The van der Waals surface area contributed by atoms with E-state index in [1.807, 2.05) is 13.8 Å². The lowest BCUT2D eigenvalue weighted by Gasteiger charge is -2.24. The molecule has 0 fully saturated rings. The fraction of sp³-hybridized carbons (Fsp3) is 0.500. The Bertz CT molecular complexity index is 487. The SMILES string of the molecule is CCN(CC)C(=O)CCN(Cc1ccccc1F)C(C)=O. The van der Waals surface area contributed by atoms with E-state index in [0.717, 1.165) is 0 Å². The first kappa shape index (κ1) is 17.1. The number of nitrogens with zero attached hydrogens (tertiary/aromatic N) is 2. The number of benzene rings is 1. The second kappa shape index (κ2) is 8.39. The van der Waals surface area contributed by atoms with Gasteiger partial charge in [-0.05, 0) is 19.9 Å². The van der Waals surface area contributed by atoms with Crippen molar-refractivity contribution in [2.75, 3.05) is 19.6 Å². The zero-order valence-corrected chi connectivity index (χ0v) is 12.9. The lowest BCUT2D eigenvalue weighted by molar-refractivity contribution is -0.133. The van der Waals surface area contributed by atoms with E-state index >= 15 is 0 Å². The molecule has 0 aromatic heterocycles. The van der Waals surface area contributed by atoms with Gasteiger partial charge in [-0.15, -0.1) is 0 Å². The van der Waals surface area contributed by atoms with Crippen molar-refractivity contribution in [2.45, 2.75) is 33.7 Å². The molecule has 2 amide bonds. The summed E-state index contributed by atoms with van der Waals surface area (Å²) >= 11 is 0. The first-order valence-electron chi connectivity index (χ1n) is 7.26. The number of rotatable bonds is 7. The summed E-state index contributed by atoms with van der Waals surface area (Å²) in [7, 11) is 0. The Morgan fingerprint density at radius 2 is 1.71 bits per heavy atom. The average Bonchev–Trinajstić information content (AvgIpc) is 2.46. The molecular weight excluding hydrogens is 271 g/mol. The molecule has 0 saturated heterocycles. The average molecular weight is 294 g/mol. The molecule has 0 aliphatic heterocycles. The summed E-state index contributed by atoms with van der Waals surface area (Å²) in [6.07, 6.45) is 0.260. The molecule has 1 aromatic carbocycles. The fourth-order valence-electron chi connectivity index (χ4n) is 2.15. The highest BCUT2D eigenvalue weighted by Crippen LogP contribution is 2.11. The first-order valence-corrected chi connectivity index (χ1v) is 7.26. The van der Waals surface area contributed by atoms with E-state index in [-0.39, 0.29) is 30.6 Å². The van der Waals surface area contributed by atoms with E-state index in [1.54, 1.807) is 23.1 Å². The van der Waals surface area contributed by atoms with E-state index in [4.69, 9.17) is 0 Å². The second-order valence-corrected chi connectivity index (χ2v) is 4.85. The van der Waals surface area contributed by atoms with Gasteiger partial charge in [-0.2, -0.15) is 0 Å².